The van der Waals surface area contributed by atoms with Crippen molar-refractivity contribution in [1.82, 2.24) is 38.9 Å². The van der Waals surface area contributed by atoms with Crippen molar-refractivity contribution in [2.45, 2.75) is 13.8 Å². The molecule has 392 valence electrons. The van der Waals surface area contributed by atoms with Gasteiger partial charge in [0.25, 0.3) is 0 Å². The van der Waals surface area contributed by atoms with Gasteiger partial charge in [-0.15, -0.1) is 118 Å². The zero-order chi connectivity index (χ0) is 51.3. The molecule has 16 heteroatoms. The number of thiazole rings is 2. The second-order valence-corrected chi connectivity index (χ2v) is 20.1. The molecule has 2 aliphatic rings. The summed E-state index contributed by atoms with van der Waals surface area (Å²) in [5.74, 6) is 2.49. The third-order valence-electron chi connectivity index (χ3n) is 12.9. The molecule has 0 saturated carbocycles. The molecule has 0 spiro atoms. The van der Waals surface area contributed by atoms with Crippen LogP contribution in [0.2, 0.25) is 0 Å². The standard InChI is InChI=1S/2C31H22N5OS.2Pt/c1-21-31(36-27-13-4-3-12-26(27)29-28(36)14-7-15-32-29)38-30(33-21)22-8-5-10-24(18-22)37-25-11-6-9-23(19-25)35-17-16-34(2)20-35;1-21-31(36-28-12-4-3-11-26(28)27-19-32-14-13-29(27)36)38-30(33-21)22-7-5-9-24(17-22)37-25-10-6-8-23(18-25)35-16-15-34(2)20-35;;/h3-17,20H,1-2H3;3-16,19-20H,1-2H3;;/q2*-3;;. The zero-order valence-electron chi connectivity index (χ0n) is 42.2. The molecule has 14 rings (SSSR count). The minimum Gasteiger partial charge on any atom is -0.510 e. The first-order valence-electron chi connectivity index (χ1n) is 24.4. The van der Waals surface area contributed by atoms with E-state index in [1.54, 1.807) is 22.7 Å². The van der Waals surface area contributed by atoms with Crippen LogP contribution in [0.3, 0.4) is 0 Å². The Balaban J connectivity index is 0.000000161. The van der Waals surface area contributed by atoms with Crippen molar-refractivity contribution in [2.75, 3.05) is 23.9 Å². The van der Waals surface area contributed by atoms with E-state index in [4.69, 9.17) is 19.4 Å². The minimum absolute atomic E-state index is 0. The molecule has 0 radical (unpaired) electrons. The van der Waals surface area contributed by atoms with Crippen LogP contribution in [0, 0.1) is 51.5 Å². The van der Waals surface area contributed by atoms with Crippen LogP contribution in [0.15, 0.2) is 183 Å². The van der Waals surface area contributed by atoms with Crippen LogP contribution in [0.25, 0.3) is 74.9 Å². The molecule has 0 atom stereocenters. The second-order valence-electron chi connectivity index (χ2n) is 18.1. The van der Waals surface area contributed by atoms with Gasteiger partial charge in [-0.25, -0.2) is 0 Å². The Hall–Kier alpha value is -7.86. The van der Waals surface area contributed by atoms with Crippen molar-refractivity contribution in [2.24, 2.45) is 0 Å². The van der Waals surface area contributed by atoms with Gasteiger partial charge in [0.1, 0.15) is 10.0 Å². The van der Waals surface area contributed by atoms with Crippen molar-refractivity contribution in [3.8, 4) is 54.1 Å². The van der Waals surface area contributed by atoms with Crippen LogP contribution in [-0.2, 0) is 42.1 Å². The summed E-state index contributed by atoms with van der Waals surface area (Å²) in [6.07, 6.45) is 13.6. The molecule has 12 nitrogen and oxygen atoms in total. The van der Waals surface area contributed by atoms with Crippen LogP contribution in [0.5, 0.6) is 23.0 Å². The average molecular weight is 1420 g/mol. The molecule has 0 saturated heterocycles. The van der Waals surface area contributed by atoms with Gasteiger partial charge in [-0.05, 0) is 83.1 Å². The molecular weight excluding hydrogens is 1370 g/mol. The Morgan fingerprint density at radius 3 is 1.49 bits per heavy atom. The van der Waals surface area contributed by atoms with Crippen molar-refractivity contribution >= 4 is 77.8 Å². The van der Waals surface area contributed by atoms with Crippen LogP contribution in [0.1, 0.15) is 11.4 Å². The van der Waals surface area contributed by atoms with Crippen LogP contribution < -0.4 is 19.3 Å². The number of hydrogen-bond donors (Lipinski definition) is 0. The van der Waals surface area contributed by atoms with E-state index in [0.29, 0.717) is 23.0 Å². The maximum atomic E-state index is 6.17. The summed E-state index contributed by atoms with van der Waals surface area (Å²) in [4.78, 5) is 26.9. The number of benzene rings is 6. The Morgan fingerprint density at radius 1 is 0.462 bits per heavy atom. The molecule has 6 aromatic heterocycles. The van der Waals surface area contributed by atoms with E-state index in [1.807, 2.05) is 176 Å². The van der Waals surface area contributed by atoms with E-state index >= 15 is 0 Å². The van der Waals surface area contributed by atoms with E-state index in [0.717, 1.165) is 92.3 Å². The monoisotopic (exact) mass is 1410 g/mol. The summed E-state index contributed by atoms with van der Waals surface area (Å²) in [6.45, 7) is 8.07. The maximum absolute atomic E-state index is 6.17. The van der Waals surface area contributed by atoms with E-state index in [1.165, 1.54) is 5.39 Å². The Morgan fingerprint density at radius 2 is 0.936 bits per heavy atom. The first kappa shape index (κ1) is 52.2. The molecule has 0 unspecified atom stereocenters. The Labute approximate surface area is 488 Å². The predicted molar refractivity (Wildman–Crippen MR) is 305 cm³/mol. The smallest absolute Gasteiger partial charge is 0.113 e. The van der Waals surface area contributed by atoms with Crippen molar-refractivity contribution in [1.29, 1.82) is 0 Å². The number of hydrogen-bond acceptors (Lipinski definition) is 12. The van der Waals surface area contributed by atoms with Gasteiger partial charge in [-0.1, -0.05) is 48.5 Å². The van der Waals surface area contributed by atoms with Gasteiger partial charge in [0.05, 0.1) is 39.0 Å². The number of para-hydroxylation sites is 2. The van der Waals surface area contributed by atoms with Crippen molar-refractivity contribution in [3.63, 3.8) is 0 Å². The molecule has 2 aliphatic heterocycles. The second kappa shape index (κ2) is 22.2. The molecule has 78 heavy (non-hydrogen) atoms. The molecule has 0 N–H and O–H groups in total. The van der Waals surface area contributed by atoms with Gasteiger partial charge >= 0.3 is 0 Å². The van der Waals surface area contributed by atoms with E-state index < -0.39 is 0 Å². The zero-order valence-corrected chi connectivity index (χ0v) is 48.4. The van der Waals surface area contributed by atoms with Gasteiger partial charge in [0.2, 0.25) is 0 Å². The molecule has 8 heterocycles. The van der Waals surface area contributed by atoms with Gasteiger partial charge in [0, 0.05) is 110 Å². The van der Waals surface area contributed by atoms with Gasteiger partial charge < -0.3 is 29.1 Å². The summed E-state index contributed by atoms with van der Waals surface area (Å²) in [5.41, 5.74) is 10.9. The number of aromatic nitrogens is 6. The SMILES string of the molecule is Cc1nc(-c2[c-]c(Oc3[c-]c(N4C=CN(C)[CH-]4)ccc3)ccc2)sc1-n1c2ccccc2c2cnccc21.Cc1nc(-c2[c-]c(Oc3[c-]c(N4C=CN(C)[CH-]4)ccc3)ccc2)sc1-n1c2ccccc2c2ncccc21.[Pt].[Pt]. The minimum atomic E-state index is 0. The molecule has 12 aromatic rings. The van der Waals surface area contributed by atoms with Crippen molar-refractivity contribution in [3.05, 3.63) is 232 Å². The van der Waals surface area contributed by atoms with Gasteiger partial charge in [-0.2, -0.15) is 25.5 Å². The number of rotatable bonds is 10. The summed E-state index contributed by atoms with van der Waals surface area (Å²) in [5, 5.41) is 7.37. The summed E-state index contributed by atoms with van der Waals surface area (Å²) < 4.78 is 16.9. The fourth-order valence-corrected chi connectivity index (χ4v) is 11.6. The van der Waals surface area contributed by atoms with E-state index in [9.17, 15) is 0 Å². The van der Waals surface area contributed by atoms with Crippen LogP contribution in [0.4, 0.5) is 11.4 Å². The number of pyridine rings is 2. The third-order valence-corrected chi connectivity index (χ3v) is 15.2. The molecule has 6 aromatic carbocycles. The molecule has 0 amide bonds. The molecule has 0 aliphatic carbocycles. The summed E-state index contributed by atoms with van der Waals surface area (Å²) in [7, 11) is 3.97. The number of nitrogens with zero attached hydrogens (tertiary/aromatic N) is 10. The van der Waals surface area contributed by atoms with Crippen LogP contribution >= 0.6 is 22.7 Å². The molecule has 0 fully saturated rings. The number of aryl methyl sites for hydroxylation is 2. The van der Waals surface area contributed by atoms with Gasteiger partial charge in [0.15, 0.2) is 0 Å². The Bertz CT molecular complexity index is 3850. The molecular formula is C62H44N10O2Pt2S2-6. The quantitative estimate of drug-likeness (QED) is 0.123. The van der Waals surface area contributed by atoms with Gasteiger partial charge in [-0.3, -0.25) is 29.1 Å². The van der Waals surface area contributed by atoms with E-state index in [-0.39, 0.29) is 42.1 Å². The summed E-state index contributed by atoms with van der Waals surface area (Å²) >= 11 is 3.29. The number of anilines is 2. The largest absolute Gasteiger partial charge is 0.510 e. The third kappa shape index (κ3) is 10.1. The Kier molecular flexibility index (Phi) is 14.9. The number of ether oxygens (including phenoxy) is 2. The first-order chi connectivity index (χ1) is 37.3. The summed E-state index contributed by atoms with van der Waals surface area (Å²) in [6, 6.07) is 59.9. The number of fused-ring (bicyclic) bond motifs is 6. The first-order valence-corrected chi connectivity index (χ1v) is 26.1. The normalized spacial score (nSPS) is 12.9. The topological polar surface area (TPSA) is 92.8 Å². The fraction of sp³-hybridized carbons (Fsp3) is 0.0645. The maximum Gasteiger partial charge on any atom is 0.113 e. The fourth-order valence-electron chi connectivity index (χ4n) is 9.44. The van der Waals surface area contributed by atoms with Crippen LogP contribution in [-0.4, -0.2) is 53.0 Å². The molecule has 0 bridgehead atoms. The van der Waals surface area contributed by atoms with Crippen molar-refractivity contribution < 1.29 is 51.6 Å². The predicted octanol–water partition coefficient (Wildman–Crippen LogP) is 14.7. The van der Waals surface area contributed by atoms with E-state index in [2.05, 4.69) is 111 Å². The average Bonchev–Trinajstić information content (AvgIpc) is 4.34.